The molecule has 1 amide bonds. The minimum absolute atomic E-state index is 0.105. The molecular weight excluding hydrogens is 295 g/mol. The summed E-state index contributed by atoms with van der Waals surface area (Å²) in [5.74, 6) is -0.584. The predicted octanol–water partition coefficient (Wildman–Crippen LogP) is 4.25. The summed E-state index contributed by atoms with van der Waals surface area (Å²) in [6.45, 7) is 1.41. The van der Waals surface area contributed by atoms with Gasteiger partial charge >= 0.3 is 0 Å². The molecule has 0 aliphatic carbocycles. The molecule has 3 aromatic rings. The van der Waals surface area contributed by atoms with Crippen molar-refractivity contribution < 1.29 is 13.6 Å². The lowest BCUT2D eigenvalue weighted by Gasteiger charge is -1.99. The van der Waals surface area contributed by atoms with Crippen LogP contribution in [0.5, 0.6) is 0 Å². The molecule has 0 saturated heterocycles. The number of benzene rings is 2. The van der Waals surface area contributed by atoms with Gasteiger partial charge in [-0.05, 0) is 30.3 Å². The van der Waals surface area contributed by atoms with Gasteiger partial charge in [-0.3, -0.25) is 4.79 Å². The normalized spacial score (nSPS) is 10.8. The first kappa shape index (κ1) is 13.6. The fourth-order valence-corrected chi connectivity index (χ4v) is 2.26. The third-order valence-electron chi connectivity index (χ3n) is 2.88. The molecule has 6 heteroatoms. The van der Waals surface area contributed by atoms with Crippen LogP contribution in [0.3, 0.4) is 0 Å². The molecule has 1 N–H and O–H groups in total. The van der Waals surface area contributed by atoms with Gasteiger partial charge in [-0.2, -0.15) is 0 Å². The third kappa shape index (κ3) is 2.60. The van der Waals surface area contributed by atoms with Crippen LogP contribution >= 0.6 is 11.6 Å². The quantitative estimate of drug-likeness (QED) is 0.770. The molecule has 0 aliphatic heterocycles. The summed E-state index contributed by atoms with van der Waals surface area (Å²) in [5.41, 5.74) is 1.71. The van der Waals surface area contributed by atoms with Crippen LogP contribution in [-0.2, 0) is 4.79 Å². The lowest BCUT2D eigenvalue weighted by Crippen LogP contribution is -2.05. The van der Waals surface area contributed by atoms with E-state index in [-0.39, 0.29) is 22.4 Å². The van der Waals surface area contributed by atoms with Crippen LogP contribution in [0.4, 0.5) is 10.1 Å². The molecule has 0 fully saturated rings. The number of hydrogen-bond donors (Lipinski definition) is 1. The second kappa shape index (κ2) is 5.18. The van der Waals surface area contributed by atoms with E-state index < -0.39 is 5.82 Å². The van der Waals surface area contributed by atoms with E-state index in [0.29, 0.717) is 16.8 Å². The average Bonchev–Trinajstić information content (AvgIpc) is 2.80. The molecule has 3 rings (SSSR count). The summed E-state index contributed by atoms with van der Waals surface area (Å²) < 4.78 is 19.4. The van der Waals surface area contributed by atoms with Crippen LogP contribution in [0, 0.1) is 5.82 Å². The zero-order valence-electron chi connectivity index (χ0n) is 11.0. The number of amides is 1. The van der Waals surface area contributed by atoms with Crippen molar-refractivity contribution in [3.63, 3.8) is 0 Å². The van der Waals surface area contributed by atoms with Gasteiger partial charge in [-0.1, -0.05) is 17.7 Å². The van der Waals surface area contributed by atoms with Crippen LogP contribution in [0.1, 0.15) is 6.92 Å². The Kier molecular flexibility index (Phi) is 3.35. The first-order chi connectivity index (χ1) is 10.0. The monoisotopic (exact) mass is 304 g/mol. The molecule has 4 nitrogen and oxygen atoms in total. The fraction of sp³-hybridized carbons (Fsp3) is 0.0667. The van der Waals surface area contributed by atoms with Crippen molar-refractivity contribution in [1.29, 1.82) is 0 Å². The van der Waals surface area contributed by atoms with E-state index in [0.717, 1.165) is 0 Å². The van der Waals surface area contributed by atoms with Gasteiger partial charge in [0, 0.05) is 12.6 Å². The minimum Gasteiger partial charge on any atom is -0.436 e. The van der Waals surface area contributed by atoms with Crippen LogP contribution in [0.15, 0.2) is 40.8 Å². The van der Waals surface area contributed by atoms with Crippen molar-refractivity contribution in [2.75, 3.05) is 5.32 Å². The number of aromatic nitrogens is 1. The molecule has 1 heterocycles. The largest absolute Gasteiger partial charge is 0.436 e. The number of carbonyl (C=O) groups excluding carboxylic acids is 1. The molecule has 0 atom stereocenters. The van der Waals surface area contributed by atoms with E-state index in [1.165, 1.54) is 19.1 Å². The Morgan fingerprint density at radius 3 is 2.86 bits per heavy atom. The number of oxazole rings is 1. The van der Waals surface area contributed by atoms with Crippen LogP contribution in [0.2, 0.25) is 5.02 Å². The Morgan fingerprint density at radius 1 is 1.33 bits per heavy atom. The Bertz CT molecular complexity index is 825. The number of nitrogens with zero attached hydrogens (tertiary/aromatic N) is 1. The lowest BCUT2D eigenvalue weighted by molar-refractivity contribution is -0.114. The zero-order chi connectivity index (χ0) is 15.0. The van der Waals surface area contributed by atoms with E-state index in [1.807, 2.05) is 0 Å². The molecule has 0 spiro atoms. The van der Waals surface area contributed by atoms with E-state index >= 15 is 0 Å². The van der Waals surface area contributed by atoms with Crippen LogP contribution < -0.4 is 5.32 Å². The van der Waals surface area contributed by atoms with Gasteiger partial charge in [-0.15, -0.1) is 0 Å². The molecule has 21 heavy (non-hydrogen) atoms. The molecule has 0 radical (unpaired) electrons. The summed E-state index contributed by atoms with van der Waals surface area (Å²) >= 11 is 5.99. The number of hydrogen-bond acceptors (Lipinski definition) is 3. The lowest BCUT2D eigenvalue weighted by atomic mass is 10.2. The maximum atomic E-state index is 13.9. The topological polar surface area (TPSA) is 55.1 Å². The Balaban J connectivity index is 2.11. The van der Waals surface area contributed by atoms with Gasteiger partial charge in [0.25, 0.3) is 0 Å². The maximum absolute atomic E-state index is 13.9. The van der Waals surface area contributed by atoms with Crippen molar-refractivity contribution in [2.24, 2.45) is 0 Å². The number of rotatable bonds is 2. The second-order valence-corrected chi connectivity index (χ2v) is 4.89. The molecule has 2 aromatic carbocycles. The zero-order valence-corrected chi connectivity index (χ0v) is 11.7. The standard InChI is InChI=1S/C15H10ClFN2O2/c1-8(20)18-9-5-6-13-12(7-9)19-15(21-13)14-10(16)3-2-4-11(14)17/h2-7H,1H3,(H,18,20). The number of carbonyl (C=O) groups is 1. The second-order valence-electron chi connectivity index (χ2n) is 4.48. The summed E-state index contributed by atoms with van der Waals surface area (Å²) in [6.07, 6.45) is 0. The van der Waals surface area contributed by atoms with E-state index in [1.54, 1.807) is 24.3 Å². The molecule has 0 bridgehead atoms. The first-order valence-corrected chi connectivity index (χ1v) is 6.55. The van der Waals surface area contributed by atoms with Crippen LogP contribution in [-0.4, -0.2) is 10.9 Å². The van der Waals surface area contributed by atoms with Crippen molar-refractivity contribution in [1.82, 2.24) is 4.98 Å². The highest BCUT2D eigenvalue weighted by molar-refractivity contribution is 6.33. The van der Waals surface area contributed by atoms with Crippen LogP contribution in [0.25, 0.3) is 22.6 Å². The number of fused-ring (bicyclic) bond motifs is 1. The highest BCUT2D eigenvalue weighted by Gasteiger charge is 2.16. The highest BCUT2D eigenvalue weighted by atomic mass is 35.5. The van der Waals surface area contributed by atoms with E-state index in [9.17, 15) is 9.18 Å². The van der Waals surface area contributed by atoms with E-state index in [4.69, 9.17) is 16.0 Å². The summed E-state index contributed by atoms with van der Waals surface area (Å²) in [7, 11) is 0. The number of anilines is 1. The van der Waals surface area contributed by atoms with Crippen molar-refractivity contribution in [3.05, 3.63) is 47.2 Å². The number of nitrogens with one attached hydrogen (secondary N) is 1. The Hall–Kier alpha value is -2.40. The Morgan fingerprint density at radius 2 is 2.14 bits per heavy atom. The predicted molar refractivity (Wildman–Crippen MR) is 78.7 cm³/mol. The van der Waals surface area contributed by atoms with Crippen molar-refractivity contribution >= 4 is 34.3 Å². The van der Waals surface area contributed by atoms with Gasteiger partial charge in [-0.25, -0.2) is 9.37 Å². The molecular formula is C15H10ClFN2O2. The van der Waals surface area contributed by atoms with Gasteiger partial charge in [0.2, 0.25) is 11.8 Å². The molecule has 0 aliphatic rings. The smallest absolute Gasteiger partial charge is 0.231 e. The summed E-state index contributed by atoms with van der Waals surface area (Å²) in [5, 5.41) is 2.87. The highest BCUT2D eigenvalue weighted by Crippen LogP contribution is 2.32. The van der Waals surface area contributed by atoms with Crippen molar-refractivity contribution in [3.8, 4) is 11.5 Å². The first-order valence-electron chi connectivity index (χ1n) is 6.17. The van der Waals surface area contributed by atoms with Gasteiger partial charge < -0.3 is 9.73 Å². The van der Waals surface area contributed by atoms with Crippen molar-refractivity contribution in [2.45, 2.75) is 6.92 Å². The molecule has 0 unspecified atom stereocenters. The SMILES string of the molecule is CC(=O)Nc1ccc2oc(-c3c(F)cccc3Cl)nc2c1. The van der Waals surface area contributed by atoms with Gasteiger partial charge in [0.15, 0.2) is 5.58 Å². The van der Waals surface area contributed by atoms with E-state index in [2.05, 4.69) is 10.3 Å². The third-order valence-corrected chi connectivity index (χ3v) is 3.20. The molecule has 1 aromatic heterocycles. The summed E-state index contributed by atoms with van der Waals surface area (Å²) in [6, 6.07) is 9.36. The van der Waals surface area contributed by atoms with Gasteiger partial charge in [0.05, 0.1) is 10.6 Å². The minimum atomic E-state index is -0.504. The number of halogens is 2. The summed E-state index contributed by atoms with van der Waals surface area (Å²) in [4.78, 5) is 15.3. The Labute approximate surface area is 124 Å². The van der Waals surface area contributed by atoms with Gasteiger partial charge in [0.1, 0.15) is 11.3 Å². The average molecular weight is 305 g/mol. The maximum Gasteiger partial charge on any atom is 0.231 e. The fourth-order valence-electron chi connectivity index (χ4n) is 2.02. The molecule has 0 saturated carbocycles. The molecule has 106 valence electrons.